The van der Waals surface area contributed by atoms with Gasteiger partial charge in [0, 0.05) is 10.0 Å². The molecule has 0 unspecified atom stereocenters. The van der Waals surface area contributed by atoms with Crippen molar-refractivity contribution in [3.63, 3.8) is 0 Å². The number of rotatable bonds is 5. The number of para-hydroxylation sites is 2. The molecule has 0 atom stereocenters. The van der Waals surface area contributed by atoms with E-state index in [1.807, 2.05) is 31.2 Å². The summed E-state index contributed by atoms with van der Waals surface area (Å²) in [5.74, 6) is 0.438. The van der Waals surface area contributed by atoms with Gasteiger partial charge >= 0.3 is 0 Å². The summed E-state index contributed by atoms with van der Waals surface area (Å²) < 4.78 is 6.37. The van der Waals surface area contributed by atoms with E-state index in [9.17, 15) is 4.79 Å². The molecule has 1 amide bonds. The van der Waals surface area contributed by atoms with Crippen molar-refractivity contribution in [3.8, 4) is 5.75 Å². The molecule has 2 aromatic carbocycles. The fourth-order valence-electron chi connectivity index (χ4n) is 1.74. The second-order valence-corrected chi connectivity index (χ2v) is 5.69. The lowest BCUT2D eigenvalue weighted by Gasteiger charge is -2.12. The summed E-state index contributed by atoms with van der Waals surface area (Å²) in [6.07, 6.45) is 0.907. The van der Waals surface area contributed by atoms with Gasteiger partial charge in [0.15, 0.2) is 0 Å². The number of hydrogen-bond acceptors (Lipinski definition) is 2. The van der Waals surface area contributed by atoms with Crippen molar-refractivity contribution >= 4 is 39.1 Å². The Labute approximate surface area is 137 Å². The summed E-state index contributed by atoms with van der Waals surface area (Å²) in [4.78, 5) is 12.3. The number of nitrogens with one attached hydrogen (secondary N) is 1. The van der Waals surface area contributed by atoms with Crippen LogP contribution in [0.25, 0.3) is 0 Å². The third-order valence-electron chi connectivity index (χ3n) is 2.78. The summed E-state index contributed by atoms with van der Waals surface area (Å²) in [5, 5.41) is 3.34. The van der Waals surface area contributed by atoms with E-state index in [-0.39, 0.29) is 5.91 Å². The van der Waals surface area contributed by atoms with Gasteiger partial charge in [-0.15, -0.1) is 0 Å². The molecular formula is C16H15BrClNO2. The summed E-state index contributed by atoms with van der Waals surface area (Å²) in [6, 6.07) is 12.4. The lowest BCUT2D eigenvalue weighted by Crippen LogP contribution is -2.13. The normalized spacial score (nSPS) is 10.2. The van der Waals surface area contributed by atoms with Crippen LogP contribution in [-0.2, 0) is 0 Å². The van der Waals surface area contributed by atoms with Crippen molar-refractivity contribution in [1.82, 2.24) is 0 Å². The Kier molecular flexibility index (Phi) is 5.65. The Hall–Kier alpha value is -1.52. The molecule has 0 aliphatic rings. The van der Waals surface area contributed by atoms with Crippen LogP contribution in [-0.4, -0.2) is 12.5 Å². The van der Waals surface area contributed by atoms with Gasteiger partial charge in [0.1, 0.15) is 5.75 Å². The molecule has 0 heterocycles. The highest BCUT2D eigenvalue weighted by Gasteiger charge is 2.11. The molecule has 0 spiro atoms. The molecule has 0 saturated heterocycles. The average molecular weight is 369 g/mol. The van der Waals surface area contributed by atoms with Gasteiger partial charge in [-0.25, -0.2) is 0 Å². The Morgan fingerprint density at radius 2 is 2.05 bits per heavy atom. The molecule has 5 heteroatoms. The second kappa shape index (κ2) is 7.48. The van der Waals surface area contributed by atoms with Crippen LogP contribution in [0.3, 0.4) is 0 Å². The SMILES string of the molecule is CCCOc1ccccc1NC(=O)c1ccc(Br)c(Cl)c1. The smallest absolute Gasteiger partial charge is 0.255 e. The van der Waals surface area contributed by atoms with Gasteiger partial charge in [-0.3, -0.25) is 4.79 Å². The van der Waals surface area contributed by atoms with Gasteiger partial charge in [-0.05, 0) is 52.7 Å². The van der Waals surface area contributed by atoms with Crippen LogP contribution >= 0.6 is 27.5 Å². The number of anilines is 1. The first kappa shape index (κ1) is 15.9. The summed E-state index contributed by atoms with van der Waals surface area (Å²) >= 11 is 9.31. The van der Waals surface area contributed by atoms with Gasteiger partial charge in [-0.2, -0.15) is 0 Å². The highest BCUT2D eigenvalue weighted by atomic mass is 79.9. The third-order valence-corrected chi connectivity index (χ3v) is 4.01. The van der Waals surface area contributed by atoms with E-state index < -0.39 is 0 Å². The molecule has 2 aromatic rings. The van der Waals surface area contributed by atoms with Crippen molar-refractivity contribution in [2.75, 3.05) is 11.9 Å². The summed E-state index contributed by atoms with van der Waals surface area (Å²) in [7, 11) is 0. The minimum absolute atomic E-state index is 0.225. The summed E-state index contributed by atoms with van der Waals surface area (Å²) in [5.41, 5.74) is 1.14. The molecule has 2 rings (SSSR count). The van der Waals surface area contributed by atoms with Crippen LogP contribution in [0.15, 0.2) is 46.9 Å². The highest BCUT2D eigenvalue weighted by Crippen LogP contribution is 2.26. The van der Waals surface area contributed by atoms with Crippen LogP contribution in [0.5, 0.6) is 5.75 Å². The predicted octanol–water partition coefficient (Wildman–Crippen LogP) is 5.14. The zero-order valence-corrected chi connectivity index (χ0v) is 13.9. The monoisotopic (exact) mass is 367 g/mol. The minimum Gasteiger partial charge on any atom is -0.491 e. The number of halogens is 2. The third kappa shape index (κ3) is 4.22. The molecule has 110 valence electrons. The van der Waals surface area contributed by atoms with E-state index in [0.29, 0.717) is 28.6 Å². The topological polar surface area (TPSA) is 38.3 Å². The fourth-order valence-corrected chi connectivity index (χ4v) is 2.17. The first-order chi connectivity index (χ1) is 10.1. The molecule has 0 aromatic heterocycles. The van der Waals surface area contributed by atoms with E-state index in [4.69, 9.17) is 16.3 Å². The van der Waals surface area contributed by atoms with Crippen LogP contribution in [0.2, 0.25) is 5.02 Å². The number of ether oxygens (including phenoxy) is 1. The van der Waals surface area contributed by atoms with Crippen LogP contribution < -0.4 is 10.1 Å². The lowest BCUT2D eigenvalue weighted by atomic mass is 10.2. The Balaban J connectivity index is 2.17. The van der Waals surface area contributed by atoms with Crippen molar-refractivity contribution in [1.29, 1.82) is 0 Å². The number of amides is 1. The van der Waals surface area contributed by atoms with E-state index in [0.717, 1.165) is 10.9 Å². The van der Waals surface area contributed by atoms with E-state index >= 15 is 0 Å². The number of carbonyl (C=O) groups excluding carboxylic acids is 1. The number of benzene rings is 2. The molecular weight excluding hydrogens is 354 g/mol. The largest absolute Gasteiger partial charge is 0.491 e. The Bertz CT molecular complexity index is 646. The van der Waals surface area contributed by atoms with Crippen LogP contribution in [0, 0.1) is 0 Å². The van der Waals surface area contributed by atoms with E-state index in [1.165, 1.54) is 0 Å². The highest BCUT2D eigenvalue weighted by molar-refractivity contribution is 9.10. The van der Waals surface area contributed by atoms with Crippen molar-refractivity contribution in [3.05, 3.63) is 57.5 Å². The fraction of sp³-hybridized carbons (Fsp3) is 0.188. The van der Waals surface area contributed by atoms with Crippen molar-refractivity contribution in [2.45, 2.75) is 13.3 Å². The molecule has 3 nitrogen and oxygen atoms in total. The predicted molar refractivity (Wildman–Crippen MR) is 89.3 cm³/mol. The van der Waals surface area contributed by atoms with Gasteiger partial charge < -0.3 is 10.1 Å². The summed E-state index contributed by atoms with van der Waals surface area (Å²) in [6.45, 7) is 2.64. The van der Waals surface area contributed by atoms with E-state index in [2.05, 4.69) is 21.2 Å². The molecule has 0 fully saturated rings. The maximum Gasteiger partial charge on any atom is 0.255 e. The standard InChI is InChI=1S/C16H15BrClNO2/c1-2-9-21-15-6-4-3-5-14(15)19-16(20)11-7-8-12(17)13(18)10-11/h3-8,10H,2,9H2,1H3,(H,19,20). The van der Waals surface area contributed by atoms with Crippen molar-refractivity contribution < 1.29 is 9.53 Å². The average Bonchev–Trinajstić information content (AvgIpc) is 2.49. The number of hydrogen-bond donors (Lipinski definition) is 1. The van der Waals surface area contributed by atoms with Crippen LogP contribution in [0.4, 0.5) is 5.69 Å². The van der Waals surface area contributed by atoms with E-state index in [1.54, 1.807) is 18.2 Å². The molecule has 0 radical (unpaired) electrons. The quantitative estimate of drug-likeness (QED) is 0.793. The maximum absolute atomic E-state index is 12.3. The minimum atomic E-state index is -0.225. The molecule has 0 saturated carbocycles. The lowest BCUT2D eigenvalue weighted by molar-refractivity contribution is 0.102. The van der Waals surface area contributed by atoms with Gasteiger partial charge in [0.2, 0.25) is 0 Å². The molecule has 1 N–H and O–H groups in total. The number of carbonyl (C=O) groups is 1. The Morgan fingerprint density at radius 3 is 2.76 bits per heavy atom. The maximum atomic E-state index is 12.3. The van der Waals surface area contributed by atoms with Crippen LogP contribution in [0.1, 0.15) is 23.7 Å². The first-order valence-corrected chi connectivity index (χ1v) is 7.77. The second-order valence-electron chi connectivity index (χ2n) is 4.43. The zero-order valence-electron chi connectivity index (χ0n) is 11.5. The van der Waals surface area contributed by atoms with Gasteiger partial charge in [-0.1, -0.05) is 30.7 Å². The Morgan fingerprint density at radius 1 is 1.29 bits per heavy atom. The first-order valence-electron chi connectivity index (χ1n) is 6.60. The molecule has 0 bridgehead atoms. The van der Waals surface area contributed by atoms with Gasteiger partial charge in [0.25, 0.3) is 5.91 Å². The molecule has 0 aliphatic carbocycles. The zero-order chi connectivity index (χ0) is 15.2. The molecule has 0 aliphatic heterocycles. The van der Waals surface area contributed by atoms with Gasteiger partial charge in [0.05, 0.1) is 17.3 Å². The molecule has 21 heavy (non-hydrogen) atoms. The van der Waals surface area contributed by atoms with Crippen molar-refractivity contribution in [2.24, 2.45) is 0 Å².